The minimum Gasteiger partial charge on any atom is -0.462 e. The molecule has 0 fully saturated rings. The third kappa shape index (κ3) is 58.5. The Morgan fingerprint density at radius 2 is 0.500 bits per heavy atom. The second-order valence-corrected chi connectivity index (χ2v) is 21.7. The highest BCUT2D eigenvalue weighted by molar-refractivity contribution is 5.71. The van der Waals surface area contributed by atoms with Gasteiger partial charge in [-0.05, 0) is 57.8 Å². The maximum Gasteiger partial charge on any atom is 0.306 e. The lowest BCUT2D eigenvalue weighted by atomic mass is 10.0. The molecule has 0 aromatic rings. The largest absolute Gasteiger partial charge is 0.462 e. The van der Waals surface area contributed by atoms with Crippen LogP contribution in [-0.2, 0) is 28.6 Å². The van der Waals surface area contributed by atoms with Crippen LogP contribution in [0.4, 0.5) is 0 Å². The van der Waals surface area contributed by atoms with E-state index in [2.05, 4.69) is 57.2 Å². The molecule has 0 N–H and O–H groups in total. The summed E-state index contributed by atoms with van der Waals surface area (Å²) in [5, 5.41) is 0. The molecule has 6 heteroatoms. The van der Waals surface area contributed by atoms with E-state index in [1.807, 2.05) is 0 Å². The Morgan fingerprint density at radius 3 is 0.778 bits per heavy atom. The highest BCUT2D eigenvalue weighted by Crippen LogP contribution is 2.18. The van der Waals surface area contributed by atoms with Gasteiger partial charge in [0.15, 0.2) is 6.10 Å². The normalized spacial score (nSPS) is 12.2. The van der Waals surface area contributed by atoms with Crippen molar-refractivity contribution < 1.29 is 28.6 Å². The Bertz CT molecular complexity index is 1210. The molecule has 1 atom stereocenters. The van der Waals surface area contributed by atoms with Crippen molar-refractivity contribution in [2.75, 3.05) is 13.2 Å². The van der Waals surface area contributed by atoms with Crippen LogP contribution in [0, 0.1) is 0 Å². The second-order valence-electron chi connectivity index (χ2n) is 21.7. The van der Waals surface area contributed by atoms with E-state index in [-0.39, 0.29) is 31.1 Å². The molecule has 0 aliphatic carbocycles. The van der Waals surface area contributed by atoms with Crippen LogP contribution < -0.4 is 0 Å². The predicted molar refractivity (Wildman–Crippen MR) is 312 cm³/mol. The van der Waals surface area contributed by atoms with E-state index < -0.39 is 6.10 Å². The predicted octanol–water partition coefficient (Wildman–Crippen LogP) is 21.6. The van der Waals surface area contributed by atoms with Gasteiger partial charge in [-0.2, -0.15) is 0 Å². The fourth-order valence-corrected chi connectivity index (χ4v) is 9.57. The van der Waals surface area contributed by atoms with Crippen molar-refractivity contribution in [1.29, 1.82) is 0 Å². The van der Waals surface area contributed by atoms with E-state index >= 15 is 0 Å². The number of unbranched alkanes of at least 4 members (excludes halogenated alkanes) is 42. The topological polar surface area (TPSA) is 78.9 Å². The summed E-state index contributed by atoms with van der Waals surface area (Å²) < 4.78 is 16.9. The maximum absolute atomic E-state index is 12.9. The smallest absolute Gasteiger partial charge is 0.306 e. The van der Waals surface area contributed by atoms with E-state index in [9.17, 15) is 14.4 Å². The first-order valence-electron chi connectivity index (χ1n) is 32.0. The number of hydrogen-bond acceptors (Lipinski definition) is 6. The molecule has 6 nitrogen and oxygen atoms in total. The van der Waals surface area contributed by atoms with Gasteiger partial charge in [0.05, 0.1) is 0 Å². The zero-order chi connectivity index (χ0) is 52.2. The van der Waals surface area contributed by atoms with Gasteiger partial charge in [-0.25, -0.2) is 0 Å². The van der Waals surface area contributed by atoms with Crippen molar-refractivity contribution in [1.82, 2.24) is 0 Å². The van der Waals surface area contributed by atoms with Crippen LogP contribution in [0.1, 0.15) is 348 Å². The van der Waals surface area contributed by atoms with Crippen LogP contribution in [0.3, 0.4) is 0 Å². The summed E-state index contributed by atoms with van der Waals surface area (Å²) in [4.78, 5) is 38.2. The third-order valence-electron chi connectivity index (χ3n) is 14.4. The monoisotopic (exact) mass is 1010 g/mol. The van der Waals surface area contributed by atoms with Gasteiger partial charge in [0.2, 0.25) is 0 Å². The first-order chi connectivity index (χ1) is 35.5. The number of hydrogen-bond donors (Lipinski definition) is 0. The minimum absolute atomic E-state index is 0.0727. The van der Waals surface area contributed by atoms with Crippen molar-refractivity contribution in [2.24, 2.45) is 0 Å². The Morgan fingerprint density at radius 1 is 0.278 bits per heavy atom. The average Bonchev–Trinajstić information content (AvgIpc) is 3.38. The molecular weight excluding hydrogens is 889 g/mol. The van der Waals surface area contributed by atoms with Crippen LogP contribution in [0.25, 0.3) is 0 Å². The molecule has 0 radical (unpaired) electrons. The molecular formula is C66H122O6. The van der Waals surface area contributed by atoms with Crippen molar-refractivity contribution in [3.8, 4) is 0 Å². The van der Waals surface area contributed by atoms with Crippen LogP contribution in [0.5, 0.6) is 0 Å². The molecule has 1 unspecified atom stereocenters. The van der Waals surface area contributed by atoms with Gasteiger partial charge in [-0.1, -0.05) is 308 Å². The molecule has 0 rings (SSSR count). The van der Waals surface area contributed by atoms with Gasteiger partial charge < -0.3 is 14.2 Å². The highest BCUT2D eigenvalue weighted by atomic mass is 16.6. The molecule has 0 aliphatic rings. The van der Waals surface area contributed by atoms with Crippen molar-refractivity contribution in [3.63, 3.8) is 0 Å². The van der Waals surface area contributed by atoms with Crippen LogP contribution in [0.2, 0.25) is 0 Å². The molecule has 422 valence electrons. The lowest BCUT2D eigenvalue weighted by molar-refractivity contribution is -0.167. The molecule has 0 amide bonds. The number of ether oxygens (including phenoxy) is 3. The van der Waals surface area contributed by atoms with E-state index in [1.165, 1.54) is 231 Å². The van der Waals surface area contributed by atoms with E-state index in [0.717, 1.165) is 77.0 Å². The highest BCUT2D eigenvalue weighted by Gasteiger charge is 2.19. The zero-order valence-corrected chi connectivity index (χ0v) is 48.5. The standard InChI is InChI=1S/C66H122O6/c1-4-7-10-13-16-19-21-23-25-27-29-31-32-33-35-36-38-40-42-44-47-50-53-56-59-65(68)71-62-63(61-70-64(67)58-55-52-49-46-18-15-12-9-6-3)72-66(69)60-57-54-51-48-45-43-41-39-37-34-30-28-26-24-22-20-17-14-11-8-5-2/h22,24,28,30,37,39,63H,4-21,23,25-27,29,31-36,38,40-62H2,1-3H3/b24-22-,30-28-,39-37-. The summed E-state index contributed by atoms with van der Waals surface area (Å²) in [6.07, 6.45) is 74.5. The van der Waals surface area contributed by atoms with Crippen molar-refractivity contribution in [2.45, 2.75) is 354 Å². The van der Waals surface area contributed by atoms with Gasteiger partial charge in [0.25, 0.3) is 0 Å². The lowest BCUT2D eigenvalue weighted by Crippen LogP contribution is -2.30. The number of allylic oxidation sites excluding steroid dienone is 6. The van der Waals surface area contributed by atoms with Gasteiger partial charge in [0.1, 0.15) is 13.2 Å². The third-order valence-corrected chi connectivity index (χ3v) is 14.4. The summed E-state index contributed by atoms with van der Waals surface area (Å²) in [6, 6.07) is 0. The minimum atomic E-state index is -0.775. The summed E-state index contributed by atoms with van der Waals surface area (Å²) in [7, 11) is 0. The van der Waals surface area contributed by atoms with E-state index in [0.29, 0.717) is 19.3 Å². The number of carbonyl (C=O) groups is 3. The maximum atomic E-state index is 12.9. The van der Waals surface area contributed by atoms with Gasteiger partial charge >= 0.3 is 17.9 Å². The summed E-state index contributed by atoms with van der Waals surface area (Å²) in [5.41, 5.74) is 0. The second kappa shape index (κ2) is 61.2. The fourth-order valence-electron chi connectivity index (χ4n) is 9.57. The lowest BCUT2D eigenvalue weighted by Gasteiger charge is -2.18. The molecule has 0 heterocycles. The quantitative estimate of drug-likeness (QED) is 0.0261. The zero-order valence-electron chi connectivity index (χ0n) is 48.5. The first kappa shape index (κ1) is 69.6. The van der Waals surface area contributed by atoms with Crippen molar-refractivity contribution >= 4 is 17.9 Å². The van der Waals surface area contributed by atoms with E-state index in [1.54, 1.807) is 0 Å². The molecule has 0 saturated carbocycles. The van der Waals surface area contributed by atoms with E-state index in [4.69, 9.17) is 14.2 Å². The molecule has 0 saturated heterocycles. The Hall–Kier alpha value is -2.37. The average molecular weight is 1010 g/mol. The summed E-state index contributed by atoms with van der Waals surface area (Å²) in [6.45, 7) is 6.65. The summed E-state index contributed by atoms with van der Waals surface area (Å²) in [5.74, 6) is -0.867. The van der Waals surface area contributed by atoms with Gasteiger partial charge in [-0.15, -0.1) is 0 Å². The number of esters is 3. The SMILES string of the molecule is CCCCCCC/C=C\C/C=C\C/C=C\CCCCCCCCC(=O)OC(COC(=O)CCCCCCCCCCC)COC(=O)CCCCCCCCCCCCCCCCCCCCCCCCCC. The van der Waals surface area contributed by atoms with Gasteiger partial charge in [0, 0.05) is 19.3 Å². The first-order valence-corrected chi connectivity index (χ1v) is 32.0. The molecule has 0 aromatic heterocycles. The number of carbonyl (C=O) groups excluding carboxylic acids is 3. The Labute approximate surface area is 448 Å². The molecule has 0 spiro atoms. The fraction of sp³-hybridized carbons (Fsp3) is 0.864. The van der Waals surface area contributed by atoms with Crippen LogP contribution in [0.15, 0.2) is 36.5 Å². The molecule has 0 bridgehead atoms. The molecule has 0 aromatic carbocycles. The van der Waals surface area contributed by atoms with Crippen LogP contribution in [-0.4, -0.2) is 37.2 Å². The van der Waals surface area contributed by atoms with Crippen LogP contribution >= 0.6 is 0 Å². The Kier molecular flexibility index (Phi) is 59.2. The summed E-state index contributed by atoms with van der Waals surface area (Å²) >= 11 is 0. The molecule has 0 aliphatic heterocycles. The molecule has 72 heavy (non-hydrogen) atoms. The van der Waals surface area contributed by atoms with Crippen molar-refractivity contribution in [3.05, 3.63) is 36.5 Å². The number of rotatable bonds is 59. The Balaban J connectivity index is 4.19. The van der Waals surface area contributed by atoms with Gasteiger partial charge in [-0.3, -0.25) is 14.4 Å².